The molecular weight excluding hydrogens is 282 g/mol. The summed E-state index contributed by atoms with van der Waals surface area (Å²) in [4.78, 5) is 0. The fourth-order valence-corrected chi connectivity index (χ4v) is 2.98. The third-order valence-corrected chi connectivity index (χ3v) is 4.41. The first-order chi connectivity index (χ1) is 10.0. The third kappa shape index (κ3) is 3.86. The van der Waals surface area contributed by atoms with Crippen LogP contribution in [0.25, 0.3) is 0 Å². The van der Waals surface area contributed by atoms with Gasteiger partial charge in [0.25, 0.3) is 0 Å². The predicted octanol–water partition coefficient (Wildman–Crippen LogP) is 3.45. The van der Waals surface area contributed by atoms with Gasteiger partial charge in [-0.3, -0.25) is 4.68 Å². The van der Waals surface area contributed by atoms with Crippen LogP contribution in [0.1, 0.15) is 29.4 Å². The highest BCUT2D eigenvalue weighted by molar-refractivity contribution is 6.31. The summed E-state index contributed by atoms with van der Waals surface area (Å²) in [5.74, 6) is 0. The first-order valence-corrected chi connectivity index (χ1v) is 7.86. The quantitative estimate of drug-likeness (QED) is 0.886. The van der Waals surface area contributed by atoms with E-state index in [1.54, 1.807) is 0 Å². The normalized spacial score (nSPS) is 12.6. The second-order valence-electron chi connectivity index (χ2n) is 5.56. The molecule has 2 rings (SSSR count). The Morgan fingerprint density at radius 3 is 2.52 bits per heavy atom. The van der Waals surface area contributed by atoms with E-state index in [9.17, 15) is 0 Å². The molecule has 1 aromatic carbocycles. The van der Waals surface area contributed by atoms with E-state index in [1.165, 1.54) is 11.1 Å². The molecule has 0 radical (unpaired) electrons. The summed E-state index contributed by atoms with van der Waals surface area (Å²) in [7, 11) is 1.96. The van der Waals surface area contributed by atoms with Crippen LogP contribution < -0.4 is 5.32 Å². The molecular formula is C17H24ClN3. The molecule has 1 unspecified atom stereocenters. The van der Waals surface area contributed by atoms with Gasteiger partial charge in [0.05, 0.1) is 16.4 Å². The van der Waals surface area contributed by atoms with Gasteiger partial charge in [-0.1, -0.05) is 42.8 Å². The second-order valence-corrected chi connectivity index (χ2v) is 5.94. The van der Waals surface area contributed by atoms with Gasteiger partial charge in [-0.15, -0.1) is 0 Å². The number of aromatic nitrogens is 2. The van der Waals surface area contributed by atoms with Crippen LogP contribution in [0.2, 0.25) is 5.02 Å². The summed E-state index contributed by atoms with van der Waals surface area (Å²) in [5, 5.41) is 8.77. The van der Waals surface area contributed by atoms with Crippen molar-refractivity contribution in [2.24, 2.45) is 7.05 Å². The molecule has 21 heavy (non-hydrogen) atoms. The van der Waals surface area contributed by atoms with E-state index in [-0.39, 0.29) is 0 Å². The monoisotopic (exact) mass is 305 g/mol. The smallest absolute Gasteiger partial charge is 0.0847 e. The molecule has 0 aliphatic heterocycles. The molecule has 2 aromatic rings. The molecule has 0 bridgehead atoms. The number of halogens is 1. The van der Waals surface area contributed by atoms with Crippen LogP contribution >= 0.6 is 11.6 Å². The highest BCUT2D eigenvalue weighted by atomic mass is 35.5. The number of hydrogen-bond donors (Lipinski definition) is 1. The van der Waals surface area contributed by atoms with Crippen molar-refractivity contribution < 1.29 is 0 Å². The van der Waals surface area contributed by atoms with Gasteiger partial charge in [0.1, 0.15) is 0 Å². The van der Waals surface area contributed by atoms with Crippen molar-refractivity contribution in [1.29, 1.82) is 0 Å². The summed E-state index contributed by atoms with van der Waals surface area (Å²) in [6.07, 6.45) is 1.89. The van der Waals surface area contributed by atoms with E-state index >= 15 is 0 Å². The summed E-state index contributed by atoms with van der Waals surface area (Å²) >= 11 is 6.38. The fraction of sp³-hybridized carbons (Fsp3) is 0.471. The molecule has 0 spiro atoms. The number of nitrogens with zero attached hydrogens (tertiary/aromatic N) is 2. The predicted molar refractivity (Wildman–Crippen MR) is 89.0 cm³/mol. The number of likely N-dealkylation sites (N-methyl/N-ethyl adjacent to an activating group) is 1. The standard InChI is InChI=1S/C17H24ClN3/c1-5-19-15(10-14-9-7-6-8-12(14)2)11-16-17(18)13(3)20-21(16)4/h6-9,15,19H,5,10-11H2,1-4H3. The third-order valence-electron chi connectivity index (χ3n) is 3.92. The van der Waals surface area contributed by atoms with Crippen molar-refractivity contribution in [3.8, 4) is 0 Å². The van der Waals surface area contributed by atoms with Gasteiger partial charge in [0.2, 0.25) is 0 Å². The number of benzene rings is 1. The maximum Gasteiger partial charge on any atom is 0.0847 e. The molecule has 114 valence electrons. The lowest BCUT2D eigenvalue weighted by molar-refractivity contribution is 0.504. The maximum atomic E-state index is 6.38. The van der Waals surface area contributed by atoms with Gasteiger partial charge >= 0.3 is 0 Å². The van der Waals surface area contributed by atoms with Gasteiger partial charge in [0, 0.05) is 19.5 Å². The highest BCUT2D eigenvalue weighted by Crippen LogP contribution is 2.22. The van der Waals surface area contributed by atoms with Crippen molar-refractivity contribution in [3.05, 3.63) is 51.8 Å². The average molecular weight is 306 g/mol. The van der Waals surface area contributed by atoms with Crippen molar-refractivity contribution in [3.63, 3.8) is 0 Å². The van der Waals surface area contributed by atoms with Crippen LogP contribution in [0.5, 0.6) is 0 Å². The Bertz CT molecular complexity index is 604. The summed E-state index contributed by atoms with van der Waals surface area (Å²) in [5.41, 5.74) is 4.74. The van der Waals surface area contributed by atoms with E-state index in [4.69, 9.17) is 11.6 Å². The van der Waals surface area contributed by atoms with E-state index in [0.717, 1.165) is 35.8 Å². The molecule has 1 aromatic heterocycles. The zero-order valence-corrected chi connectivity index (χ0v) is 14.0. The maximum absolute atomic E-state index is 6.38. The van der Waals surface area contributed by atoms with Crippen molar-refractivity contribution in [1.82, 2.24) is 15.1 Å². The SMILES string of the molecule is CCNC(Cc1ccccc1C)Cc1c(Cl)c(C)nn1C. The zero-order chi connectivity index (χ0) is 15.4. The lowest BCUT2D eigenvalue weighted by Crippen LogP contribution is -2.34. The average Bonchev–Trinajstić information content (AvgIpc) is 2.68. The molecule has 0 fully saturated rings. The van der Waals surface area contributed by atoms with E-state index in [0.29, 0.717) is 6.04 Å². The van der Waals surface area contributed by atoms with Crippen LogP contribution in [-0.2, 0) is 19.9 Å². The zero-order valence-electron chi connectivity index (χ0n) is 13.3. The minimum atomic E-state index is 0.364. The minimum Gasteiger partial charge on any atom is -0.314 e. The summed E-state index contributed by atoms with van der Waals surface area (Å²) in [6.45, 7) is 7.21. The van der Waals surface area contributed by atoms with Crippen LogP contribution in [0.4, 0.5) is 0 Å². The van der Waals surface area contributed by atoms with Crippen LogP contribution in [-0.4, -0.2) is 22.4 Å². The molecule has 0 aliphatic rings. The Kier molecular flexibility index (Phi) is 5.43. The fourth-order valence-electron chi connectivity index (χ4n) is 2.74. The lowest BCUT2D eigenvalue weighted by Gasteiger charge is -2.19. The Hall–Kier alpha value is -1.32. The minimum absolute atomic E-state index is 0.364. The van der Waals surface area contributed by atoms with E-state index in [2.05, 4.69) is 48.5 Å². The van der Waals surface area contributed by atoms with Gasteiger partial charge < -0.3 is 5.32 Å². The van der Waals surface area contributed by atoms with Gasteiger partial charge in [-0.25, -0.2) is 0 Å². The topological polar surface area (TPSA) is 29.9 Å². The molecule has 1 N–H and O–H groups in total. The second kappa shape index (κ2) is 7.10. The highest BCUT2D eigenvalue weighted by Gasteiger charge is 2.17. The molecule has 1 atom stereocenters. The van der Waals surface area contributed by atoms with Gasteiger partial charge in [0.15, 0.2) is 0 Å². The van der Waals surface area contributed by atoms with Gasteiger partial charge in [-0.2, -0.15) is 5.10 Å². The van der Waals surface area contributed by atoms with Crippen LogP contribution in [0, 0.1) is 13.8 Å². The largest absolute Gasteiger partial charge is 0.314 e. The van der Waals surface area contributed by atoms with Crippen LogP contribution in [0.15, 0.2) is 24.3 Å². The molecule has 3 nitrogen and oxygen atoms in total. The van der Waals surface area contributed by atoms with Gasteiger partial charge in [-0.05, 0) is 37.9 Å². The first kappa shape index (κ1) is 16.1. The van der Waals surface area contributed by atoms with Crippen LogP contribution in [0.3, 0.4) is 0 Å². The number of rotatable bonds is 6. The molecule has 0 amide bonds. The summed E-state index contributed by atoms with van der Waals surface area (Å²) in [6, 6.07) is 8.92. The Morgan fingerprint density at radius 1 is 1.24 bits per heavy atom. The van der Waals surface area contributed by atoms with Crippen molar-refractivity contribution in [2.75, 3.05) is 6.54 Å². The Balaban J connectivity index is 2.18. The molecule has 4 heteroatoms. The summed E-state index contributed by atoms with van der Waals surface area (Å²) < 4.78 is 1.90. The van der Waals surface area contributed by atoms with Crippen molar-refractivity contribution >= 4 is 11.6 Å². The van der Waals surface area contributed by atoms with E-state index < -0.39 is 0 Å². The number of hydrogen-bond acceptors (Lipinski definition) is 2. The Labute approximate surface area is 132 Å². The van der Waals surface area contributed by atoms with Crippen molar-refractivity contribution in [2.45, 2.75) is 39.7 Å². The Morgan fingerprint density at radius 2 is 1.95 bits per heavy atom. The lowest BCUT2D eigenvalue weighted by atomic mass is 9.98. The molecule has 1 heterocycles. The molecule has 0 aliphatic carbocycles. The van der Waals surface area contributed by atoms with E-state index in [1.807, 2.05) is 18.7 Å². The number of aryl methyl sites for hydroxylation is 3. The number of nitrogens with one attached hydrogen (secondary N) is 1. The molecule has 0 saturated heterocycles. The first-order valence-electron chi connectivity index (χ1n) is 7.48. The molecule has 0 saturated carbocycles.